The first-order valence-electron chi connectivity index (χ1n) is 6.70. The fraction of sp³-hybridized carbons (Fsp3) is 0.533. The van der Waals surface area contributed by atoms with Crippen LogP contribution in [0.2, 0.25) is 5.02 Å². The highest BCUT2D eigenvalue weighted by molar-refractivity contribution is 6.32. The van der Waals surface area contributed by atoms with Gasteiger partial charge in [0, 0.05) is 12.6 Å². The van der Waals surface area contributed by atoms with Crippen LogP contribution < -0.4 is 10.6 Å². The SMILES string of the molecule is CC1(C)CCCNC1CNc1cccc(Cl)c1C#N. The topological polar surface area (TPSA) is 47.8 Å². The summed E-state index contributed by atoms with van der Waals surface area (Å²) in [5, 5.41) is 16.6. The van der Waals surface area contributed by atoms with Gasteiger partial charge in [-0.2, -0.15) is 5.26 Å². The molecule has 4 heteroatoms. The van der Waals surface area contributed by atoms with Crippen molar-refractivity contribution in [2.45, 2.75) is 32.7 Å². The van der Waals surface area contributed by atoms with E-state index in [1.807, 2.05) is 12.1 Å². The van der Waals surface area contributed by atoms with Crippen molar-refractivity contribution in [3.8, 4) is 6.07 Å². The predicted molar refractivity (Wildman–Crippen MR) is 79.5 cm³/mol. The lowest BCUT2D eigenvalue weighted by Gasteiger charge is -2.39. The normalized spacial score (nSPS) is 21.7. The van der Waals surface area contributed by atoms with Gasteiger partial charge in [0.15, 0.2) is 0 Å². The molecule has 3 nitrogen and oxygen atoms in total. The van der Waals surface area contributed by atoms with E-state index in [1.165, 1.54) is 12.8 Å². The van der Waals surface area contributed by atoms with Gasteiger partial charge in [-0.15, -0.1) is 0 Å². The van der Waals surface area contributed by atoms with Crippen LogP contribution in [0.3, 0.4) is 0 Å². The zero-order chi connectivity index (χ0) is 13.9. The maximum absolute atomic E-state index is 9.15. The van der Waals surface area contributed by atoms with Crippen LogP contribution in [0.4, 0.5) is 5.69 Å². The van der Waals surface area contributed by atoms with Crippen molar-refractivity contribution in [2.24, 2.45) is 5.41 Å². The molecule has 0 aliphatic carbocycles. The van der Waals surface area contributed by atoms with E-state index < -0.39 is 0 Å². The molecule has 102 valence electrons. The molecule has 1 aromatic carbocycles. The number of nitrogens with one attached hydrogen (secondary N) is 2. The summed E-state index contributed by atoms with van der Waals surface area (Å²) < 4.78 is 0. The number of nitrogens with zero attached hydrogens (tertiary/aromatic N) is 1. The van der Waals surface area contributed by atoms with Crippen molar-refractivity contribution >= 4 is 17.3 Å². The third-order valence-electron chi connectivity index (χ3n) is 3.95. The summed E-state index contributed by atoms with van der Waals surface area (Å²) in [5.41, 5.74) is 1.62. The number of hydrogen-bond acceptors (Lipinski definition) is 3. The maximum Gasteiger partial charge on any atom is 0.103 e. The highest BCUT2D eigenvalue weighted by Crippen LogP contribution is 2.31. The lowest BCUT2D eigenvalue weighted by atomic mass is 9.77. The van der Waals surface area contributed by atoms with Crippen molar-refractivity contribution in [1.29, 1.82) is 5.26 Å². The molecule has 2 rings (SSSR count). The lowest BCUT2D eigenvalue weighted by molar-refractivity contribution is 0.188. The van der Waals surface area contributed by atoms with Gasteiger partial charge in [0.1, 0.15) is 6.07 Å². The van der Waals surface area contributed by atoms with E-state index in [2.05, 4.69) is 30.6 Å². The van der Waals surface area contributed by atoms with Crippen molar-refractivity contribution in [3.05, 3.63) is 28.8 Å². The fourth-order valence-corrected chi connectivity index (χ4v) is 2.83. The Morgan fingerprint density at radius 1 is 1.53 bits per heavy atom. The molecule has 0 amide bonds. The first-order chi connectivity index (χ1) is 9.04. The molecule has 1 aliphatic rings. The van der Waals surface area contributed by atoms with Crippen LogP contribution in [-0.2, 0) is 0 Å². The smallest absolute Gasteiger partial charge is 0.103 e. The van der Waals surface area contributed by atoms with E-state index in [-0.39, 0.29) is 5.41 Å². The van der Waals surface area contributed by atoms with E-state index in [0.29, 0.717) is 16.6 Å². The Morgan fingerprint density at radius 2 is 2.32 bits per heavy atom. The summed E-state index contributed by atoms with van der Waals surface area (Å²) in [6, 6.07) is 8.08. The van der Waals surface area contributed by atoms with E-state index in [1.54, 1.807) is 6.07 Å². The number of benzene rings is 1. The number of hydrogen-bond donors (Lipinski definition) is 2. The molecule has 1 unspecified atom stereocenters. The van der Waals surface area contributed by atoms with Crippen LogP contribution in [0, 0.1) is 16.7 Å². The van der Waals surface area contributed by atoms with Gasteiger partial charge in [-0.1, -0.05) is 31.5 Å². The molecule has 0 aromatic heterocycles. The lowest BCUT2D eigenvalue weighted by Crippen LogP contribution is -2.50. The van der Waals surface area contributed by atoms with E-state index in [9.17, 15) is 0 Å². The van der Waals surface area contributed by atoms with Gasteiger partial charge in [-0.05, 0) is 36.9 Å². The highest BCUT2D eigenvalue weighted by Gasteiger charge is 2.31. The monoisotopic (exact) mass is 277 g/mol. The van der Waals surface area contributed by atoms with Gasteiger partial charge < -0.3 is 10.6 Å². The minimum absolute atomic E-state index is 0.274. The molecular formula is C15H20ClN3. The Labute approximate surface area is 120 Å². The summed E-state index contributed by atoms with van der Waals surface area (Å²) in [6.07, 6.45) is 2.46. The second-order valence-corrected chi connectivity index (χ2v) is 6.16. The summed E-state index contributed by atoms with van der Waals surface area (Å²) in [7, 11) is 0. The van der Waals surface area contributed by atoms with Crippen molar-refractivity contribution in [1.82, 2.24) is 5.32 Å². The van der Waals surface area contributed by atoms with Gasteiger partial charge in [0.05, 0.1) is 16.3 Å². The Morgan fingerprint density at radius 3 is 3.00 bits per heavy atom. The summed E-state index contributed by atoms with van der Waals surface area (Å²) in [6.45, 7) is 6.45. The van der Waals surface area contributed by atoms with Crippen molar-refractivity contribution < 1.29 is 0 Å². The Bertz CT molecular complexity index is 491. The number of anilines is 1. The molecule has 1 aliphatic heterocycles. The zero-order valence-electron chi connectivity index (χ0n) is 11.5. The standard InChI is InChI=1S/C15H20ClN3/c1-15(2)7-4-8-18-14(15)10-19-13-6-3-5-12(16)11(13)9-17/h3,5-6,14,18-19H,4,7-8,10H2,1-2H3. The molecule has 0 bridgehead atoms. The number of rotatable bonds is 3. The van der Waals surface area contributed by atoms with Gasteiger partial charge in [-0.25, -0.2) is 0 Å². The number of piperidine rings is 1. The zero-order valence-corrected chi connectivity index (χ0v) is 12.2. The summed E-state index contributed by atoms with van der Waals surface area (Å²) in [4.78, 5) is 0. The third-order valence-corrected chi connectivity index (χ3v) is 4.27. The first kappa shape index (κ1) is 14.2. The average molecular weight is 278 g/mol. The van der Waals surface area contributed by atoms with Crippen LogP contribution in [0.25, 0.3) is 0 Å². The van der Waals surface area contributed by atoms with Crippen LogP contribution in [0.15, 0.2) is 18.2 Å². The molecule has 1 heterocycles. The Hall–Kier alpha value is -1.24. The van der Waals surface area contributed by atoms with Crippen LogP contribution in [0.1, 0.15) is 32.3 Å². The van der Waals surface area contributed by atoms with E-state index in [0.717, 1.165) is 18.8 Å². The van der Waals surface area contributed by atoms with E-state index in [4.69, 9.17) is 16.9 Å². The van der Waals surface area contributed by atoms with Crippen LogP contribution in [-0.4, -0.2) is 19.1 Å². The van der Waals surface area contributed by atoms with Crippen molar-refractivity contribution in [2.75, 3.05) is 18.4 Å². The maximum atomic E-state index is 9.15. The summed E-state index contributed by atoms with van der Waals surface area (Å²) in [5.74, 6) is 0. The first-order valence-corrected chi connectivity index (χ1v) is 7.08. The minimum Gasteiger partial charge on any atom is -0.382 e. The molecule has 1 aromatic rings. The highest BCUT2D eigenvalue weighted by atomic mass is 35.5. The van der Waals surface area contributed by atoms with Crippen LogP contribution in [0.5, 0.6) is 0 Å². The van der Waals surface area contributed by atoms with Gasteiger partial charge in [0.2, 0.25) is 0 Å². The van der Waals surface area contributed by atoms with Crippen molar-refractivity contribution in [3.63, 3.8) is 0 Å². The fourth-order valence-electron chi connectivity index (χ4n) is 2.62. The average Bonchev–Trinajstić information content (AvgIpc) is 2.37. The minimum atomic E-state index is 0.274. The second-order valence-electron chi connectivity index (χ2n) is 5.75. The molecule has 1 fully saturated rings. The molecule has 1 atom stereocenters. The van der Waals surface area contributed by atoms with Gasteiger partial charge in [0.25, 0.3) is 0 Å². The molecule has 1 saturated heterocycles. The molecular weight excluding hydrogens is 258 g/mol. The molecule has 19 heavy (non-hydrogen) atoms. The van der Waals surface area contributed by atoms with Gasteiger partial charge in [-0.3, -0.25) is 0 Å². The molecule has 2 N–H and O–H groups in total. The molecule has 0 spiro atoms. The Kier molecular flexibility index (Phi) is 4.34. The largest absolute Gasteiger partial charge is 0.382 e. The molecule has 0 saturated carbocycles. The van der Waals surface area contributed by atoms with Gasteiger partial charge >= 0.3 is 0 Å². The van der Waals surface area contributed by atoms with E-state index >= 15 is 0 Å². The third kappa shape index (κ3) is 3.20. The predicted octanol–water partition coefficient (Wildman–Crippen LogP) is 3.40. The number of nitriles is 1. The summed E-state index contributed by atoms with van der Waals surface area (Å²) >= 11 is 6.03. The number of halogens is 1. The van der Waals surface area contributed by atoms with Crippen LogP contribution >= 0.6 is 11.6 Å². The molecule has 0 radical (unpaired) electrons. The second kappa shape index (κ2) is 5.81. The Balaban J connectivity index is 2.07. The quantitative estimate of drug-likeness (QED) is 0.890.